The van der Waals surface area contributed by atoms with E-state index in [1.54, 1.807) is 6.07 Å². The van der Waals surface area contributed by atoms with Gasteiger partial charge in [-0.1, -0.05) is 12.8 Å². The number of thioether (sulfide) groups is 1. The zero-order chi connectivity index (χ0) is 14.6. The lowest BCUT2D eigenvalue weighted by molar-refractivity contribution is -0.384. The van der Waals surface area contributed by atoms with Gasteiger partial charge in [0.05, 0.1) is 16.6 Å². The number of nitro benzene ring substituents is 1. The Hall–Kier alpha value is -1.74. The summed E-state index contributed by atoms with van der Waals surface area (Å²) in [7, 11) is 0. The van der Waals surface area contributed by atoms with Crippen molar-refractivity contribution in [2.45, 2.75) is 30.4 Å². The minimum absolute atomic E-state index is 0.0262. The fraction of sp³-hybridized carbons (Fsp3) is 0.500. The van der Waals surface area contributed by atoms with Crippen molar-refractivity contribution in [2.24, 2.45) is 0 Å². The molecule has 0 unspecified atom stereocenters. The SMILES string of the molecule is CSC1(CNc2cc(C#N)ccc2[N+](=O)[O-])CCCC1. The molecule has 1 saturated carbocycles. The van der Waals surface area contributed by atoms with Crippen LogP contribution in [0, 0.1) is 21.4 Å². The highest BCUT2D eigenvalue weighted by Gasteiger charge is 2.33. The first-order chi connectivity index (χ1) is 9.60. The standard InChI is InChI=1S/C14H17N3O2S/c1-20-14(6-2-3-7-14)10-16-12-8-11(9-15)4-5-13(12)17(18)19/h4-5,8,16H,2-3,6-7,10H2,1H3. The summed E-state index contributed by atoms with van der Waals surface area (Å²) in [6, 6.07) is 6.44. The van der Waals surface area contributed by atoms with Crippen LogP contribution in [0.1, 0.15) is 31.2 Å². The second-order valence-corrected chi connectivity index (χ2v) is 6.32. The highest BCUT2D eigenvalue weighted by molar-refractivity contribution is 8.00. The zero-order valence-corrected chi connectivity index (χ0v) is 12.2. The molecule has 0 bridgehead atoms. The number of nitro groups is 1. The van der Waals surface area contributed by atoms with Crippen LogP contribution in [-0.4, -0.2) is 22.5 Å². The monoisotopic (exact) mass is 291 g/mol. The first-order valence-electron chi connectivity index (χ1n) is 6.58. The Balaban J connectivity index is 2.19. The molecular weight excluding hydrogens is 274 g/mol. The summed E-state index contributed by atoms with van der Waals surface area (Å²) in [4.78, 5) is 10.6. The van der Waals surface area contributed by atoms with Crippen LogP contribution in [0.15, 0.2) is 18.2 Å². The molecule has 0 amide bonds. The van der Waals surface area contributed by atoms with Gasteiger partial charge < -0.3 is 5.32 Å². The predicted molar refractivity (Wildman–Crippen MR) is 81.0 cm³/mol. The Bertz CT molecular complexity index is 548. The summed E-state index contributed by atoms with van der Waals surface area (Å²) in [6.45, 7) is 0.698. The Labute approximate surface area is 122 Å². The average Bonchev–Trinajstić information content (AvgIpc) is 2.94. The molecule has 0 heterocycles. The van der Waals surface area contributed by atoms with E-state index in [2.05, 4.69) is 11.6 Å². The minimum Gasteiger partial charge on any atom is -0.378 e. The topological polar surface area (TPSA) is 79.0 Å². The van der Waals surface area contributed by atoms with Crippen molar-refractivity contribution < 1.29 is 4.92 Å². The molecule has 1 aromatic rings. The van der Waals surface area contributed by atoms with E-state index in [0.29, 0.717) is 17.8 Å². The highest BCUT2D eigenvalue weighted by Crippen LogP contribution is 2.40. The molecule has 2 rings (SSSR count). The van der Waals surface area contributed by atoms with Gasteiger partial charge in [-0.05, 0) is 31.2 Å². The largest absolute Gasteiger partial charge is 0.378 e. The van der Waals surface area contributed by atoms with Crippen LogP contribution in [0.2, 0.25) is 0 Å². The van der Waals surface area contributed by atoms with E-state index in [9.17, 15) is 10.1 Å². The molecule has 5 nitrogen and oxygen atoms in total. The molecule has 106 valence electrons. The third-order valence-electron chi connectivity index (χ3n) is 3.87. The van der Waals surface area contributed by atoms with Crippen molar-refractivity contribution in [1.82, 2.24) is 0 Å². The molecule has 6 heteroatoms. The molecule has 0 aromatic heterocycles. The summed E-state index contributed by atoms with van der Waals surface area (Å²) in [5.74, 6) is 0. The van der Waals surface area contributed by atoms with E-state index < -0.39 is 4.92 Å². The summed E-state index contributed by atoms with van der Waals surface area (Å²) < 4.78 is 0.163. The van der Waals surface area contributed by atoms with Crippen molar-refractivity contribution in [3.63, 3.8) is 0 Å². The Morgan fingerprint density at radius 2 is 2.20 bits per heavy atom. The van der Waals surface area contributed by atoms with Crippen molar-refractivity contribution in [3.05, 3.63) is 33.9 Å². The number of anilines is 1. The lowest BCUT2D eigenvalue weighted by Gasteiger charge is -2.27. The lowest BCUT2D eigenvalue weighted by Crippen LogP contribution is -2.30. The molecule has 0 radical (unpaired) electrons. The van der Waals surface area contributed by atoms with E-state index in [0.717, 1.165) is 12.8 Å². The predicted octanol–water partition coefficient (Wildman–Crippen LogP) is 3.55. The molecule has 20 heavy (non-hydrogen) atoms. The van der Waals surface area contributed by atoms with Crippen LogP contribution in [0.25, 0.3) is 0 Å². The van der Waals surface area contributed by atoms with Crippen LogP contribution in [0.4, 0.5) is 11.4 Å². The van der Waals surface area contributed by atoms with Gasteiger partial charge in [0.1, 0.15) is 5.69 Å². The Morgan fingerprint density at radius 1 is 1.50 bits per heavy atom. The first-order valence-corrected chi connectivity index (χ1v) is 7.80. The first kappa shape index (κ1) is 14.7. The van der Waals surface area contributed by atoms with E-state index in [4.69, 9.17) is 5.26 Å². The minimum atomic E-state index is -0.413. The van der Waals surface area contributed by atoms with Gasteiger partial charge in [0, 0.05) is 17.4 Å². The average molecular weight is 291 g/mol. The lowest BCUT2D eigenvalue weighted by atomic mass is 10.1. The fourth-order valence-corrected chi connectivity index (χ4v) is 3.55. The van der Waals surface area contributed by atoms with Gasteiger partial charge in [0.25, 0.3) is 5.69 Å². The van der Waals surface area contributed by atoms with Crippen molar-refractivity contribution in [3.8, 4) is 6.07 Å². The number of hydrogen-bond acceptors (Lipinski definition) is 5. The van der Waals surface area contributed by atoms with Gasteiger partial charge in [0.15, 0.2) is 0 Å². The number of nitrogens with one attached hydrogen (secondary N) is 1. The number of nitriles is 1. The van der Waals surface area contributed by atoms with Gasteiger partial charge >= 0.3 is 0 Å². The molecule has 0 saturated heterocycles. The maximum atomic E-state index is 11.0. The van der Waals surface area contributed by atoms with Gasteiger partial charge in [-0.2, -0.15) is 17.0 Å². The number of nitrogens with zero attached hydrogens (tertiary/aromatic N) is 2. The summed E-state index contributed by atoms with van der Waals surface area (Å²) >= 11 is 1.83. The quantitative estimate of drug-likeness (QED) is 0.663. The van der Waals surface area contributed by atoms with Crippen LogP contribution < -0.4 is 5.32 Å². The van der Waals surface area contributed by atoms with E-state index in [1.165, 1.54) is 25.0 Å². The summed E-state index contributed by atoms with van der Waals surface area (Å²) in [5.41, 5.74) is 0.898. The highest BCUT2D eigenvalue weighted by atomic mass is 32.2. The van der Waals surface area contributed by atoms with Crippen LogP contribution >= 0.6 is 11.8 Å². The summed E-state index contributed by atoms with van der Waals surface area (Å²) in [5, 5.41) is 23.2. The molecule has 0 spiro atoms. The molecule has 0 atom stereocenters. The van der Waals surface area contributed by atoms with Gasteiger partial charge in [0.2, 0.25) is 0 Å². The molecule has 1 fully saturated rings. The zero-order valence-electron chi connectivity index (χ0n) is 11.4. The maximum absolute atomic E-state index is 11.0. The van der Waals surface area contributed by atoms with Crippen LogP contribution in [-0.2, 0) is 0 Å². The van der Waals surface area contributed by atoms with Crippen LogP contribution in [0.5, 0.6) is 0 Å². The van der Waals surface area contributed by atoms with Crippen molar-refractivity contribution in [2.75, 3.05) is 18.1 Å². The number of benzene rings is 1. The van der Waals surface area contributed by atoms with Gasteiger partial charge in [-0.15, -0.1) is 0 Å². The van der Waals surface area contributed by atoms with Crippen LogP contribution in [0.3, 0.4) is 0 Å². The summed E-state index contributed by atoms with van der Waals surface area (Å²) in [6.07, 6.45) is 6.78. The second-order valence-electron chi connectivity index (χ2n) is 5.05. The Kier molecular flexibility index (Phi) is 4.50. The van der Waals surface area contributed by atoms with Gasteiger partial charge in [-0.3, -0.25) is 10.1 Å². The molecule has 1 N–H and O–H groups in total. The maximum Gasteiger partial charge on any atom is 0.292 e. The number of hydrogen-bond donors (Lipinski definition) is 1. The third kappa shape index (κ3) is 3.05. The van der Waals surface area contributed by atoms with Crippen molar-refractivity contribution >= 4 is 23.1 Å². The molecular formula is C14H17N3O2S. The van der Waals surface area contributed by atoms with Gasteiger partial charge in [-0.25, -0.2) is 0 Å². The number of rotatable bonds is 5. The molecule has 0 aliphatic heterocycles. The molecule has 1 aromatic carbocycles. The second kappa shape index (κ2) is 6.14. The Morgan fingerprint density at radius 3 is 2.75 bits per heavy atom. The van der Waals surface area contributed by atoms with E-state index in [-0.39, 0.29) is 10.4 Å². The third-order valence-corrected chi connectivity index (χ3v) is 5.29. The molecule has 1 aliphatic carbocycles. The van der Waals surface area contributed by atoms with E-state index in [1.807, 2.05) is 17.8 Å². The fourth-order valence-electron chi connectivity index (χ4n) is 2.64. The molecule has 1 aliphatic rings. The smallest absolute Gasteiger partial charge is 0.292 e. The normalized spacial score (nSPS) is 16.6. The van der Waals surface area contributed by atoms with E-state index >= 15 is 0 Å². The van der Waals surface area contributed by atoms with Crippen molar-refractivity contribution in [1.29, 1.82) is 5.26 Å².